The van der Waals surface area contributed by atoms with Crippen LogP contribution in [0.3, 0.4) is 0 Å². The SMILES string of the molecule is COc1cc2nc(C3CCCCC3)cn2cc1NC(=O)c1cccc(C(F)(F)F)n1. The van der Waals surface area contributed by atoms with E-state index < -0.39 is 17.8 Å². The topological polar surface area (TPSA) is 68.5 Å². The molecule has 0 spiro atoms. The van der Waals surface area contributed by atoms with Crippen LogP contribution in [-0.4, -0.2) is 27.4 Å². The van der Waals surface area contributed by atoms with E-state index in [2.05, 4.69) is 10.3 Å². The molecule has 158 valence electrons. The van der Waals surface area contributed by atoms with Gasteiger partial charge in [0.25, 0.3) is 5.91 Å². The molecule has 4 rings (SSSR count). The lowest BCUT2D eigenvalue weighted by atomic mass is 9.87. The molecular formula is C21H21F3N4O2. The van der Waals surface area contributed by atoms with Crippen LogP contribution in [0.15, 0.2) is 36.7 Å². The van der Waals surface area contributed by atoms with E-state index in [9.17, 15) is 18.0 Å². The molecule has 0 atom stereocenters. The Hall–Kier alpha value is -3.10. The number of aromatic nitrogens is 3. The van der Waals surface area contributed by atoms with Gasteiger partial charge >= 0.3 is 6.18 Å². The maximum atomic E-state index is 12.9. The number of amides is 1. The zero-order valence-electron chi connectivity index (χ0n) is 16.4. The van der Waals surface area contributed by atoms with Gasteiger partial charge in [-0.3, -0.25) is 4.79 Å². The largest absolute Gasteiger partial charge is 0.494 e. The highest BCUT2D eigenvalue weighted by molar-refractivity contribution is 6.03. The first-order chi connectivity index (χ1) is 14.3. The standard InChI is InChI=1S/C21H21F3N4O2/c1-30-17-10-19-26-15(13-6-3-2-4-7-13)11-28(19)12-16(17)27-20(29)14-8-5-9-18(25-14)21(22,23)24/h5,8-13H,2-4,6-7H2,1H3,(H,27,29). The van der Waals surface area contributed by atoms with Crippen LogP contribution in [0.25, 0.3) is 5.65 Å². The van der Waals surface area contributed by atoms with Gasteiger partial charge in [-0.15, -0.1) is 0 Å². The van der Waals surface area contributed by atoms with E-state index in [-0.39, 0.29) is 5.69 Å². The normalized spacial score (nSPS) is 15.3. The third kappa shape index (κ3) is 4.10. The Balaban J connectivity index is 1.62. The number of ether oxygens (including phenoxy) is 1. The molecule has 3 heterocycles. The molecule has 1 fully saturated rings. The maximum Gasteiger partial charge on any atom is 0.433 e. The Morgan fingerprint density at radius 1 is 1.17 bits per heavy atom. The summed E-state index contributed by atoms with van der Waals surface area (Å²) >= 11 is 0. The fraction of sp³-hybridized carbons (Fsp3) is 0.381. The van der Waals surface area contributed by atoms with Gasteiger partial charge in [-0.25, -0.2) is 9.97 Å². The minimum absolute atomic E-state index is 0.321. The van der Waals surface area contributed by atoms with Gasteiger partial charge in [-0.1, -0.05) is 25.3 Å². The van der Waals surface area contributed by atoms with E-state index in [1.54, 1.807) is 16.7 Å². The molecule has 9 heteroatoms. The first-order valence-electron chi connectivity index (χ1n) is 9.77. The molecule has 0 aromatic carbocycles. The first kappa shape index (κ1) is 20.2. The highest BCUT2D eigenvalue weighted by Crippen LogP contribution is 2.34. The molecule has 1 aliphatic carbocycles. The fourth-order valence-corrected chi connectivity index (χ4v) is 3.80. The number of hydrogen-bond donors (Lipinski definition) is 1. The average Bonchev–Trinajstić information content (AvgIpc) is 3.16. The summed E-state index contributed by atoms with van der Waals surface area (Å²) in [4.78, 5) is 20.6. The van der Waals surface area contributed by atoms with Crippen molar-refractivity contribution in [1.82, 2.24) is 14.4 Å². The molecule has 1 amide bonds. The molecule has 3 aromatic rings. The zero-order chi connectivity index (χ0) is 21.3. The van der Waals surface area contributed by atoms with Gasteiger partial charge in [0.2, 0.25) is 0 Å². The minimum Gasteiger partial charge on any atom is -0.494 e. The number of fused-ring (bicyclic) bond motifs is 1. The van der Waals surface area contributed by atoms with E-state index in [0.29, 0.717) is 23.0 Å². The van der Waals surface area contributed by atoms with E-state index in [0.717, 1.165) is 30.7 Å². The van der Waals surface area contributed by atoms with Gasteiger partial charge < -0.3 is 14.5 Å². The molecule has 0 saturated heterocycles. The minimum atomic E-state index is -4.63. The molecule has 1 N–H and O–H groups in total. The Bertz CT molecular complexity index is 1070. The van der Waals surface area contributed by atoms with Crippen LogP contribution in [0, 0.1) is 0 Å². The lowest BCUT2D eigenvalue weighted by molar-refractivity contribution is -0.141. The third-order valence-corrected chi connectivity index (χ3v) is 5.34. The zero-order valence-corrected chi connectivity index (χ0v) is 16.4. The highest BCUT2D eigenvalue weighted by Gasteiger charge is 2.33. The van der Waals surface area contributed by atoms with Crippen LogP contribution in [0.1, 0.15) is 59.9 Å². The molecular weight excluding hydrogens is 397 g/mol. The number of nitrogens with one attached hydrogen (secondary N) is 1. The van der Waals surface area contributed by atoms with Gasteiger partial charge in [0.05, 0.1) is 12.8 Å². The smallest absolute Gasteiger partial charge is 0.433 e. The van der Waals surface area contributed by atoms with E-state index in [4.69, 9.17) is 9.72 Å². The predicted octanol–water partition coefficient (Wildman–Crippen LogP) is 5.06. The molecule has 1 saturated carbocycles. The first-order valence-corrected chi connectivity index (χ1v) is 9.77. The van der Waals surface area contributed by atoms with Gasteiger partial charge in [0, 0.05) is 24.4 Å². The number of halogens is 3. The van der Waals surface area contributed by atoms with Crippen molar-refractivity contribution in [2.24, 2.45) is 0 Å². The summed E-state index contributed by atoms with van der Waals surface area (Å²) in [6, 6.07) is 4.90. The Morgan fingerprint density at radius 3 is 2.63 bits per heavy atom. The monoisotopic (exact) mass is 418 g/mol. The number of hydrogen-bond acceptors (Lipinski definition) is 4. The number of anilines is 1. The van der Waals surface area contributed by atoms with Crippen LogP contribution in [0.5, 0.6) is 5.75 Å². The van der Waals surface area contributed by atoms with Gasteiger partial charge in [0.15, 0.2) is 0 Å². The summed E-state index contributed by atoms with van der Waals surface area (Å²) in [5.41, 5.74) is 0.550. The molecule has 3 aromatic heterocycles. The van der Waals surface area contributed by atoms with Crippen LogP contribution in [-0.2, 0) is 6.18 Å². The second-order valence-corrected chi connectivity index (χ2v) is 7.38. The summed E-state index contributed by atoms with van der Waals surface area (Å²) in [5.74, 6) is 0.0204. The lowest BCUT2D eigenvalue weighted by Gasteiger charge is -2.19. The molecule has 6 nitrogen and oxygen atoms in total. The maximum absolute atomic E-state index is 12.9. The number of imidazole rings is 1. The third-order valence-electron chi connectivity index (χ3n) is 5.34. The van der Waals surface area contributed by atoms with E-state index in [1.165, 1.54) is 32.4 Å². The molecule has 0 bridgehead atoms. The van der Waals surface area contributed by atoms with Crippen molar-refractivity contribution in [1.29, 1.82) is 0 Å². The van der Waals surface area contributed by atoms with Crippen LogP contribution in [0.2, 0.25) is 0 Å². The van der Waals surface area contributed by atoms with E-state index >= 15 is 0 Å². The van der Waals surface area contributed by atoms with Crippen LogP contribution < -0.4 is 10.1 Å². The molecule has 0 aliphatic heterocycles. The predicted molar refractivity (Wildman–Crippen MR) is 105 cm³/mol. The van der Waals surface area contributed by atoms with Gasteiger partial charge in [-0.05, 0) is 25.0 Å². The summed E-state index contributed by atoms with van der Waals surface area (Å²) in [6.07, 6.45) is 4.79. The van der Waals surface area contributed by atoms with Crippen molar-refractivity contribution in [2.45, 2.75) is 44.2 Å². The summed E-state index contributed by atoms with van der Waals surface area (Å²) in [6.45, 7) is 0. The van der Waals surface area contributed by atoms with Crippen molar-refractivity contribution in [3.63, 3.8) is 0 Å². The number of methoxy groups -OCH3 is 1. The number of carbonyl (C=O) groups is 1. The second kappa shape index (κ2) is 7.97. The van der Waals surface area contributed by atoms with Crippen LogP contribution in [0.4, 0.5) is 18.9 Å². The van der Waals surface area contributed by atoms with Crippen molar-refractivity contribution in [3.05, 3.63) is 53.7 Å². The average molecular weight is 418 g/mol. The second-order valence-electron chi connectivity index (χ2n) is 7.38. The Morgan fingerprint density at radius 2 is 1.93 bits per heavy atom. The summed E-state index contributed by atoms with van der Waals surface area (Å²) in [7, 11) is 1.45. The lowest BCUT2D eigenvalue weighted by Crippen LogP contribution is -2.17. The van der Waals surface area contributed by atoms with Gasteiger partial charge in [0.1, 0.15) is 28.5 Å². The Labute approximate surface area is 171 Å². The molecule has 30 heavy (non-hydrogen) atoms. The number of alkyl halides is 3. The molecule has 0 unspecified atom stereocenters. The number of carbonyl (C=O) groups excluding carboxylic acids is 1. The number of nitrogens with zero attached hydrogens (tertiary/aromatic N) is 3. The summed E-state index contributed by atoms with van der Waals surface area (Å²) in [5, 5.41) is 2.59. The quantitative estimate of drug-likeness (QED) is 0.643. The van der Waals surface area contributed by atoms with Crippen molar-refractivity contribution in [3.8, 4) is 5.75 Å². The van der Waals surface area contributed by atoms with Crippen molar-refractivity contribution in [2.75, 3.05) is 12.4 Å². The fourth-order valence-electron chi connectivity index (χ4n) is 3.80. The van der Waals surface area contributed by atoms with Crippen molar-refractivity contribution >= 4 is 17.2 Å². The highest BCUT2D eigenvalue weighted by atomic mass is 19.4. The van der Waals surface area contributed by atoms with Crippen LogP contribution >= 0.6 is 0 Å². The number of pyridine rings is 2. The molecule has 0 radical (unpaired) electrons. The van der Waals surface area contributed by atoms with E-state index in [1.807, 2.05) is 6.20 Å². The van der Waals surface area contributed by atoms with Gasteiger partial charge in [-0.2, -0.15) is 13.2 Å². The summed E-state index contributed by atoms with van der Waals surface area (Å²) < 4.78 is 45.8. The Kier molecular flexibility index (Phi) is 5.36. The number of rotatable bonds is 4. The molecule has 1 aliphatic rings. The van der Waals surface area contributed by atoms with Crippen molar-refractivity contribution < 1.29 is 22.7 Å².